The van der Waals surface area contributed by atoms with E-state index in [1.54, 1.807) is 22.7 Å². The molecular weight excluding hydrogens is 354 g/mol. The van der Waals surface area contributed by atoms with Crippen molar-refractivity contribution in [3.05, 3.63) is 39.2 Å². The summed E-state index contributed by atoms with van der Waals surface area (Å²) >= 11 is 3.23. The molecule has 7 heteroatoms. The standard InChI is InChI=1S/C18H21N3O2S2/c1-19-10-17(23)21(14-4-8-24-11-14)13-18(19)5-6-20(12-18)16(22)9-15-3-2-7-25-15/h2-4,7-8,11H,5-6,9-10,12-13H2,1H3/t18-/m1/s1. The number of likely N-dealkylation sites (tertiary alicyclic amines) is 1. The van der Waals surface area contributed by atoms with Crippen LogP contribution in [0.5, 0.6) is 0 Å². The zero-order chi connectivity index (χ0) is 17.4. The van der Waals surface area contributed by atoms with Crippen molar-refractivity contribution in [1.82, 2.24) is 9.80 Å². The lowest BCUT2D eigenvalue weighted by Crippen LogP contribution is -2.64. The first-order valence-electron chi connectivity index (χ1n) is 8.41. The third-order valence-corrected chi connectivity index (χ3v) is 6.89. The minimum Gasteiger partial charge on any atom is -0.340 e. The zero-order valence-electron chi connectivity index (χ0n) is 14.2. The number of carbonyl (C=O) groups excluding carboxylic acids is 2. The van der Waals surface area contributed by atoms with E-state index >= 15 is 0 Å². The van der Waals surface area contributed by atoms with Gasteiger partial charge in [0.2, 0.25) is 11.8 Å². The van der Waals surface area contributed by atoms with Crippen molar-refractivity contribution in [2.75, 3.05) is 38.1 Å². The molecule has 2 aromatic rings. The number of thiophene rings is 2. The number of nitrogens with zero attached hydrogens (tertiary/aromatic N) is 3. The highest BCUT2D eigenvalue weighted by molar-refractivity contribution is 7.10. The van der Waals surface area contributed by atoms with Crippen LogP contribution < -0.4 is 4.90 Å². The van der Waals surface area contributed by atoms with Crippen LogP contribution in [0.4, 0.5) is 5.69 Å². The van der Waals surface area contributed by atoms with Gasteiger partial charge in [0, 0.05) is 29.9 Å². The Bertz CT molecular complexity index is 759. The second-order valence-electron chi connectivity index (χ2n) is 6.86. The van der Waals surface area contributed by atoms with Gasteiger partial charge in [-0.05, 0) is 36.4 Å². The minimum absolute atomic E-state index is 0.134. The third-order valence-electron chi connectivity index (χ3n) is 5.34. The third kappa shape index (κ3) is 3.12. The lowest BCUT2D eigenvalue weighted by atomic mass is 9.93. The summed E-state index contributed by atoms with van der Waals surface area (Å²) in [4.78, 5) is 32.3. The summed E-state index contributed by atoms with van der Waals surface area (Å²) in [6.07, 6.45) is 1.39. The van der Waals surface area contributed by atoms with Gasteiger partial charge < -0.3 is 9.80 Å². The highest BCUT2D eigenvalue weighted by Crippen LogP contribution is 2.34. The molecule has 2 aliphatic rings. The Morgan fingerprint density at radius 1 is 1.28 bits per heavy atom. The van der Waals surface area contributed by atoms with Gasteiger partial charge in [-0.3, -0.25) is 14.5 Å². The van der Waals surface area contributed by atoms with Gasteiger partial charge in [-0.2, -0.15) is 11.3 Å². The molecule has 2 aliphatic heterocycles. The van der Waals surface area contributed by atoms with Crippen molar-refractivity contribution in [3.63, 3.8) is 0 Å². The summed E-state index contributed by atoms with van der Waals surface area (Å²) in [6.45, 7) is 2.52. The van der Waals surface area contributed by atoms with Crippen LogP contribution in [0.3, 0.4) is 0 Å². The molecule has 5 nitrogen and oxygen atoms in total. The smallest absolute Gasteiger partial charge is 0.241 e. The SMILES string of the molecule is CN1CC(=O)N(c2ccsc2)C[C@]12CCN(C(=O)Cc1cccs1)C2. The number of likely N-dealkylation sites (N-methyl/N-ethyl adjacent to an activating group) is 1. The molecule has 132 valence electrons. The van der Waals surface area contributed by atoms with E-state index in [2.05, 4.69) is 4.90 Å². The maximum absolute atomic E-state index is 12.7. The van der Waals surface area contributed by atoms with E-state index in [9.17, 15) is 9.59 Å². The first-order chi connectivity index (χ1) is 12.1. The van der Waals surface area contributed by atoms with E-state index in [0.717, 1.165) is 23.5 Å². The van der Waals surface area contributed by atoms with Crippen molar-refractivity contribution in [3.8, 4) is 0 Å². The van der Waals surface area contributed by atoms with Crippen molar-refractivity contribution in [1.29, 1.82) is 0 Å². The van der Waals surface area contributed by atoms with Gasteiger partial charge in [0.25, 0.3) is 0 Å². The Labute approximate surface area is 155 Å². The molecule has 25 heavy (non-hydrogen) atoms. The van der Waals surface area contributed by atoms with Crippen LogP contribution in [-0.4, -0.2) is 60.4 Å². The van der Waals surface area contributed by atoms with Crippen LogP contribution in [0.25, 0.3) is 0 Å². The predicted molar refractivity (Wildman–Crippen MR) is 101 cm³/mol. The van der Waals surface area contributed by atoms with Gasteiger partial charge in [0.15, 0.2) is 0 Å². The summed E-state index contributed by atoms with van der Waals surface area (Å²) in [5.41, 5.74) is 0.840. The maximum Gasteiger partial charge on any atom is 0.241 e. The topological polar surface area (TPSA) is 43.9 Å². The van der Waals surface area contributed by atoms with Gasteiger partial charge in [-0.1, -0.05) is 6.07 Å². The number of rotatable bonds is 3. The molecule has 0 radical (unpaired) electrons. The highest BCUT2D eigenvalue weighted by Gasteiger charge is 2.48. The molecular formula is C18H21N3O2S2. The molecule has 4 heterocycles. The number of anilines is 1. The molecule has 0 aromatic carbocycles. The maximum atomic E-state index is 12.7. The Morgan fingerprint density at radius 2 is 2.16 bits per heavy atom. The van der Waals surface area contributed by atoms with Crippen molar-refractivity contribution in [2.24, 2.45) is 0 Å². The largest absolute Gasteiger partial charge is 0.340 e. The number of carbonyl (C=O) groups is 2. The molecule has 0 N–H and O–H groups in total. The van der Waals surface area contributed by atoms with Gasteiger partial charge >= 0.3 is 0 Å². The van der Waals surface area contributed by atoms with Crippen LogP contribution in [0, 0.1) is 0 Å². The molecule has 1 atom stereocenters. The number of hydrogen-bond donors (Lipinski definition) is 0. The van der Waals surface area contributed by atoms with E-state index in [-0.39, 0.29) is 17.4 Å². The Morgan fingerprint density at radius 3 is 2.88 bits per heavy atom. The summed E-state index contributed by atoms with van der Waals surface area (Å²) in [5, 5.41) is 6.03. The summed E-state index contributed by atoms with van der Waals surface area (Å²) in [5.74, 6) is 0.321. The molecule has 4 rings (SSSR count). The van der Waals surface area contributed by atoms with Gasteiger partial charge in [0.05, 0.1) is 24.2 Å². The summed E-state index contributed by atoms with van der Waals surface area (Å²) in [6, 6.07) is 5.99. The molecule has 0 bridgehead atoms. The Kier molecular flexibility index (Phi) is 4.39. The van der Waals surface area contributed by atoms with Crippen LogP contribution in [0.2, 0.25) is 0 Å². The molecule has 0 aliphatic carbocycles. The molecule has 0 saturated carbocycles. The van der Waals surface area contributed by atoms with E-state index < -0.39 is 0 Å². The minimum atomic E-state index is -0.138. The van der Waals surface area contributed by atoms with Crippen molar-refractivity contribution in [2.45, 2.75) is 18.4 Å². The average Bonchev–Trinajstić information content (AvgIpc) is 3.33. The fraction of sp³-hybridized carbons (Fsp3) is 0.444. The van der Waals surface area contributed by atoms with Gasteiger partial charge in [-0.15, -0.1) is 11.3 Å². The lowest BCUT2D eigenvalue weighted by Gasteiger charge is -2.46. The number of hydrogen-bond acceptors (Lipinski definition) is 5. The molecule has 2 saturated heterocycles. The van der Waals surface area contributed by atoms with E-state index in [0.29, 0.717) is 26.1 Å². The summed E-state index contributed by atoms with van der Waals surface area (Å²) < 4.78 is 0. The fourth-order valence-electron chi connectivity index (χ4n) is 3.79. The monoisotopic (exact) mass is 375 g/mol. The quantitative estimate of drug-likeness (QED) is 0.827. The normalized spacial score (nSPS) is 24.4. The van der Waals surface area contributed by atoms with Gasteiger partial charge in [-0.25, -0.2) is 0 Å². The molecule has 2 amide bonds. The zero-order valence-corrected chi connectivity index (χ0v) is 15.8. The lowest BCUT2D eigenvalue weighted by molar-refractivity contribution is -0.130. The first kappa shape index (κ1) is 16.8. The summed E-state index contributed by atoms with van der Waals surface area (Å²) in [7, 11) is 2.01. The Balaban J connectivity index is 1.49. The van der Waals surface area contributed by atoms with Crippen molar-refractivity contribution < 1.29 is 9.59 Å². The average molecular weight is 376 g/mol. The van der Waals surface area contributed by atoms with E-state index in [4.69, 9.17) is 0 Å². The Hall–Kier alpha value is -1.70. The molecule has 2 aromatic heterocycles. The number of amides is 2. The molecule has 0 unspecified atom stereocenters. The highest BCUT2D eigenvalue weighted by atomic mass is 32.1. The predicted octanol–water partition coefficient (Wildman–Crippen LogP) is 2.30. The first-order valence-corrected chi connectivity index (χ1v) is 10.2. The van der Waals surface area contributed by atoms with Gasteiger partial charge in [0.1, 0.15) is 0 Å². The van der Waals surface area contributed by atoms with Crippen LogP contribution in [-0.2, 0) is 16.0 Å². The molecule has 2 fully saturated rings. The molecule has 1 spiro atoms. The number of piperazine rings is 1. The second kappa shape index (κ2) is 6.55. The van der Waals surface area contributed by atoms with Crippen LogP contribution in [0.1, 0.15) is 11.3 Å². The van der Waals surface area contributed by atoms with E-state index in [1.807, 2.05) is 51.2 Å². The second-order valence-corrected chi connectivity index (χ2v) is 8.68. The van der Waals surface area contributed by atoms with Crippen LogP contribution >= 0.6 is 22.7 Å². The van der Waals surface area contributed by atoms with Crippen molar-refractivity contribution >= 4 is 40.2 Å². The fourth-order valence-corrected chi connectivity index (χ4v) is 5.13. The van der Waals surface area contributed by atoms with Crippen LogP contribution in [0.15, 0.2) is 34.3 Å². The van der Waals surface area contributed by atoms with E-state index in [1.165, 1.54) is 0 Å².